The van der Waals surface area contributed by atoms with Crippen LogP contribution in [0.1, 0.15) is 32.1 Å². The molecule has 2 rings (SSSR count). The Bertz CT molecular complexity index is 595. The maximum absolute atomic E-state index is 11.4. The van der Waals surface area contributed by atoms with Crippen LogP contribution >= 0.6 is 15.9 Å². The zero-order valence-electron chi connectivity index (χ0n) is 11.4. The summed E-state index contributed by atoms with van der Waals surface area (Å²) < 4.78 is 6.23. The number of halogens is 1. The lowest BCUT2D eigenvalue weighted by Crippen LogP contribution is -2.10. The highest BCUT2D eigenvalue weighted by molar-refractivity contribution is 9.10. The number of anilines is 2. The van der Waals surface area contributed by atoms with Gasteiger partial charge in [-0.05, 0) is 53.2 Å². The fourth-order valence-electron chi connectivity index (χ4n) is 1.82. The minimum atomic E-state index is 0.00478. The average Bonchev–Trinajstić information content (AvgIpc) is 2.86. The molecule has 0 saturated heterocycles. The zero-order chi connectivity index (χ0) is 14.5. The normalized spacial score (nSPS) is 11.9. The molecule has 0 bridgehead atoms. The van der Waals surface area contributed by atoms with Gasteiger partial charge in [-0.1, -0.05) is 13.0 Å². The van der Waals surface area contributed by atoms with Crippen LogP contribution in [0.15, 0.2) is 45.5 Å². The van der Waals surface area contributed by atoms with Crippen LogP contribution in [0.25, 0.3) is 0 Å². The molecule has 5 heteroatoms. The second-order valence-corrected chi connectivity index (χ2v) is 5.27. The first kappa shape index (κ1) is 14.7. The number of rotatable bonds is 5. The SMILES string of the molecule is CCC(=O)Nc1cccc(NC(C)c2ccc(Br)o2)c1. The number of benzene rings is 1. The van der Waals surface area contributed by atoms with Crippen LogP contribution in [0.2, 0.25) is 0 Å². The molecule has 1 aromatic carbocycles. The summed E-state index contributed by atoms with van der Waals surface area (Å²) >= 11 is 3.29. The number of amides is 1. The molecule has 0 aliphatic heterocycles. The van der Waals surface area contributed by atoms with Gasteiger partial charge in [-0.2, -0.15) is 0 Å². The minimum Gasteiger partial charge on any atom is -0.452 e. The number of hydrogen-bond acceptors (Lipinski definition) is 3. The molecule has 0 aliphatic carbocycles. The molecule has 20 heavy (non-hydrogen) atoms. The van der Waals surface area contributed by atoms with Crippen molar-refractivity contribution in [3.8, 4) is 0 Å². The molecule has 1 amide bonds. The standard InChI is InChI=1S/C15H17BrN2O2/c1-3-15(19)18-12-6-4-5-11(9-12)17-10(2)13-7-8-14(16)20-13/h4-10,17H,3H2,1-2H3,(H,18,19). The lowest BCUT2D eigenvalue weighted by Gasteiger charge is -2.14. The molecule has 2 N–H and O–H groups in total. The Balaban J connectivity index is 2.05. The Morgan fingerprint density at radius 2 is 2.05 bits per heavy atom. The number of carbonyl (C=O) groups is 1. The van der Waals surface area contributed by atoms with E-state index in [1.165, 1.54) is 0 Å². The van der Waals surface area contributed by atoms with E-state index in [4.69, 9.17) is 4.42 Å². The fraction of sp³-hybridized carbons (Fsp3) is 0.267. The molecule has 106 valence electrons. The van der Waals surface area contributed by atoms with Crippen molar-refractivity contribution in [1.82, 2.24) is 0 Å². The van der Waals surface area contributed by atoms with E-state index < -0.39 is 0 Å². The second-order valence-electron chi connectivity index (χ2n) is 4.49. The maximum atomic E-state index is 11.4. The van der Waals surface area contributed by atoms with E-state index in [9.17, 15) is 4.79 Å². The Morgan fingerprint density at radius 3 is 2.70 bits per heavy atom. The lowest BCUT2D eigenvalue weighted by molar-refractivity contribution is -0.115. The van der Waals surface area contributed by atoms with Gasteiger partial charge in [-0.25, -0.2) is 0 Å². The summed E-state index contributed by atoms with van der Waals surface area (Å²) in [7, 11) is 0. The summed E-state index contributed by atoms with van der Waals surface area (Å²) in [5.41, 5.74) is 1.72. The van der Waals surface area contributed by atoms with Gasteiger partial charge in [0.1, 0.15) is 5.76 Å². The molecule has 0 radical (unpaired) electrons. The van der Waals surface area contributed by atoms with Gasteiger partial charge < -0.3 is 15.1 Å². The van der Waals surface area contributed by atoms with Crippen LogP contribution in [-0.2, 0) is 4.79 Å². The molecule has 1 heterocycles. The Morgan fingerprint density at radius 1 is 1.30 bits per heavy atom. The smallest absolute Gasteiger partial charge is 0.224 e. The molecule has 0 aliphatic rings. The van der Waals surface area contributed by atoms with Crippen LogP contribution in [-0.4, -0.2) is 5.91 Å². The van der Waals surface area contributed by atoms with Crippen LogP contribution in [0, 0.1) is 0 Å². The van der Waals surface area contributed by atoms with E-state index in [2.05, 4.69) is 26.6 Å². The van der Waals surface area contributed by atoms with E-state index in [0.717, 1.165) is 17.1 Å². The third kappa shape index (κ3) is 3.87. The van der Waals surface area contributed by atoms with Crippen molar-refractivity contribution < 1.29 is 9.21 Å². The highest BCUT2D eigenvalue weighted by Crippen LogP contribution is 2.25. The summed E-state index contributed by atoms with van der Waals surface area (Å²) in [6.45, 7) is 3.84. The van der Waals surface area contributed by atoms with Gasteiger partial charge >= 0.3 is 0 Å². The lowest BCUT2D eigenvalue weighted by atomic mass is 10.2. The Hall–Kier alpha value is -1.75. The van der Waals surface area contributed by atoms with Crippen molar-refractivity contribution >= 4 is 33.2 Å². The monoisotopic (exact) mass is 336 g/mol. The summed E-state index contributed by atoms with van der Waals surface area (Å²) in [6, 6.07) is 11.5. The largest absolute Gasteiger partial charge is 0.452 e. The summed E-state index contributed by atoms with van der Waals surface area (Å²) in [5, 5.41) is 6.18. The van der Waals surface area contributed by atoms with E-state index in [0.29, 0.717) is 11.1 Å². The molecule has 0 fully saturated rings. The molecular weight excluding hydrogens is 320 g/mol. The first-order valence-electron chi connectivity index (χ1n) is 6.50. The topological polar surface area (TPSA) is 54.3 Å². The molecule has 0 spiro atoms. The molecule has 1 aromatic heterocycles. The fourth-order valence-corrected chi connectivity index (χ4v) is 2.14. The number of hydrogen-bond donors (Lipinski definition) is 2. The predicted molar refractivity (Wildman–Crippen MR) is 83.8 cm³/mol. The average molecular weight is 337 g/mol. The van der Waals surface area contributed by atoms with E-state index >= 15 is 0 Å². The molecule has 4 nitrogen and oxygen atoms in total. The molecule has 1 unspecified atom stereocenters. The van der Waals surface area contributed by atoms with Crippen LogP contribution in [0.4, 0.5) is 11.4 Å². The van der Waals surface area contributed by atoms with E-state index in [-0.39, 0.29) is 11.9 Å². The van der Waals surface area contributed by atoms with Crippen molar-refractivity contribution in [2.45, 2.75) is 26.3 Å². The van der Waals surface area contributed by atoms with Gasteiger partial charge in [-0.15, -0.1) is 0 Å². The second kappa shape index (κ2) is 6.61. The van der Waals surface area contributed by atoms with Crippen molar-refractivity contribution in [2.24, 2.45) is 0 Å². The predicted octanol–water partition coefficient (Wildman–Crippen LogP) is 4.56. The van der Waals surface area contributed by atoms with E-state index in [1.807, 2.05) is 50.2 Å². The van der Waals surface area contributed by atoms with Gasteiger partial charge in [0.25, 0.3) is 0 Å². The minimum absolute atomic E-state index is 0.00478. The highest BCUT2D eigenvalue weighted by atomic mass is 79.9. The van der Waals surface area contributed by atoms with E-state index in [1.54, 1.807) is 0 Å². The maximum Gasteiger partial charge on any atom is 0.224 e. The van der Waals surface area contributed by atoms with Crippen LogP contribution in [0.3, 0.4) is 0 Å². The first-order chi connectivity index (χ1) is 9.58. The van der Waals surface area contributed by atoms with Gasteiger partial charge in [-0.3, -0.25) is 4.79 Å². The number of carbonyl (C=O) groups excluding carboxylic acids is 1. The first-order valence-corrected chi connectivity index (χ1v) is 7.29. The number of furan rings is 1. The number of nitrogens with one attached hydrogen (secondary N) is 2. The van der Waals surface area contributed by atoms with Crippen molar-refractivity contribution in [1.29, 1.82) is 0 Å². The van der Waals surface area contributed by atoms with Gasteiger partial charge in [0, 0.05) is 17.8 Å². The molecule has 0 saturated carbocycles. The molecule has 1 atom stereocenters. The molecular formula is C15H17BrN2O2. The van der Waals surface area contributed by atoms with Crippen LogP contribution in [0.5, 0.6) is 0 Å². The van der Waals surface area contributed by atoms with Gasteiger partial charge in [0.2, 0.25) is 5.91 Å². The Kier molecular flexibility index (Phi) is 4.84. The highest BCUT2D eigenvalue weighted by Gasteiger charge is 2.10. The zero-order valence-corrected chi connectivity index (χ0v) is 13.0. The van der Waals surface area contributed by atoms with Gasteiger partial charge in [0.15, 0.2) is 4.67 Å². The van der Waals surface area contributed by atoms with Crippen LogP contribution < -0.4 is 10.6 Å². The third-order valence-electron chi connectivity index (χ3n) is 2.87. The summed E-state index contributed by atoms with van der Waals surface area (Å²) in [6.07, 6.45) is 0.467. The summed E-state index contributed by atoms with van der Waals surface area (Å²) in [5.74, 6) is 0.852. The summed E-state index contributed by atoms with van der Waals surface area (Å²) in [4.78, 5) is 11.4. The Labute approximate surface area is 126 Å². The van der Waals surface area contributed by atoms with Crippen molar-refractivity contribution in [2.75, 3.05) is 10.6 Å². The van der Waals surface area contributed by atoms with Crippen molar-refractivity contribution in [3.05, 3.63) is 46.8 Å². The van der Waals surface area contributed by atoms with Gasteiger partial charge in [0.05, 0.1) is 6.04 Å². The quantitative estimate of drug-likeness (QED) is 0.841. The molecule has 2 aromatic rings. The van der Waals surface area contributed by atoms with Crippen molar-refractivity contribution in [3.63, 3.8) is 0 Å². The third-order valence-corrected chi connectivity index (χ3v) is 3.30.